The largest absolute Gasteiger partial charge is 0.314 e. The zero-order valence-electron chi connectivity index (χ0n) is 14.2. The third kappa shape index (κ3) is 5.26. The summed E-state index contributed by atoms with van der Waals surface area (Å²) >= 11 is 0. The van der Waals surface area contributed by atoms with Crippen LogP contribution in [0.25, 0.3) is 0 Å². The van der Waals surface area contributed by atoms with Gasteiger partial charge in [-0.25, -0.2) is 0 Å². The fourth-order valence-corrected chi connectivity index (χ4v) is 4.04. The number of halogens is 3. The number of benzene rings is 1. The third-order valence-corrected chi connectivity index (χ3v) is 5.15. The van der Waals surface area contributed by atoms with Crippen molar-refractivity contribution in [3.63, 3.8) is 0 Å². The van der Waals surface area contributed by atoms with Crippen LogP contribution in [0.5, 0.6) is 0 Å². The molecule has 1 saturated heterocycles. The minimum atomic E-state index is -0.749. The molecule has 5 nitrogen and oxygen atoms in total. The van der Waals surface area contributed by atoms with Crippen molar-refractivity contribution in [3.8, 4) is 0 Å². The molecule has 0 spiro atoms. The van der Waals surface area contributed by atoms with Crippen molar-refractivity contribution in [2.24, 2.45) is 5.92 Å². The lowest BCUT2D eigenvalue weighted by molar-refractivity contribution is -0.387. The lowest BCUT2D eigenvalue weighted by atomic mass is 9.80. The van der Waals surface area contributed by atoms with E-state index in [4.69, 9.17) is 0 Å². The van der Waals surface area contributed by atoms with Crippen LogP contribution in [0.2, 0.25) is 0 Å². The molecule has 0 aromatic heterocycles. The Labute approximate surface area is 160 Å². The Balaban J connectivity index is 0.00000156. The molecule has 2 fully saturated rings. The van der Waals surface area contributed by atoms with Gasteiger partial charge in [0.05, 0.1) is 4.92 Å². The second-order valence-electron chi connectivity index (χ2n) is 6.60. The molecule has 8 heteroatoms. The van der Waals surface area contributed by atoms with E-state index in [9.17, 15) is 14.5 Å². The van der Waals surface area contributed by atoms with Crippen LogP contribution in [0.15, 0.2) is 18.2 Å². The van der Waals surface area contributed by atoms with Crippen LogP contribution in [0, 0.1) is 21.8 Å². The minimum Gasteiger partial charge on any atom is -0.314 e. The average Bonchev–Trinajstić information content (AvgIpc) is 2.58. The second kappa shape index (κ2) is 10.3. The van der Waals surface area contributed by atoms with Gasteiger partial charge in [0.2, 0.25) is 5.82 Å². The number of piperazine rings is 1. The normalized spacial score (nSPS) is 20.2. The van der Waals surface area contributed by atoms with Crippen LogP contribution in [0.3, 0.4) is 0 Å². The van der Waals surface area contributed by atoms with E-state index in [1.165, 1.54) is 31.4 Å². The number of rotatable bonds is 4. The van der Waals surface area contributed by atoms with E-state index in [2.05, 4.69) is 10.2 Å². The molecule has 1 aromatic rings. The van der Waals surface area contributed by atoms with Gasteiger partial charge in [0, 0.05) is 38.3 Å². The first kappa shape index (κ1) is 22.1. The van der Waals surface area contributed by atoms with Crippen LogP contribution in [0.4, 0.5) is 10.1 Å². The molecule has 2 aliphatic rings. The second-order valence-corrected chi connectivity index (χ2v) is 6.60. The van der Waals surface area contributed by atoms with Gasteiger partial charge in [0.1, 0.15) is 0 Å². The molecule has 0 unspecified atom stereocenters. The number of hydrogen-bond acceptors (Lipinski definition) is 4. The molecule has 25 heavy (non-hydrogen) atoms. The van der Waals surface area contributed by atoms with E-state index in [1.54, 1.807) is 6.07 Å². The SMILES string of the molecule is Cl.Cl.O=[N+]([O-])c1cc([C@H](C2CCCCC2)N2CCNCC2)ccc1F. The van der Waals surface area contributed by atoms with Gasteiger partial charge in [-0.1, -0.05) is 25.3 Å². The van der Waals surface area contributed by atoms with E-state index in [0.717, 1.165) is 44.6 Å². The van der Waals surface area contributed by atoms with Crippen LogP contribution >= 0.6 is 24.8 Å². The number of nitro benzene ring substituents is 1. The van der Waals surface area contributed by atoms with E-state index in [0.29, 0.717) is 5.92 Å². The van der Waals surface area contributed by atoms with Gasteiger partial charge in [-0.05, 0) is 30.4 Å². The Kier molecular flexibility index (Phi) is 9.07. The summed E-state index contributed by atoms with van der Waals surface area (Å²) < 4.78 is 13.7. The van der Waals surface area contributed by atoms with Crippen molar-refractivity contribution < 1.29 is 9.31 Å². The first-order valence-electron chi connectivity index (χ1n) is 8.55. The molecule has 1 aliphatic carbocycles. The molecule has 1 N–H and O–H groups in total. The summed E-state index contributed by atoms with van der Waals surface area (Å²) in [6.07, 6.45) is 6.01. The Bertz CT molecular complexity index is 547. The molecule has 142 valence electrons. The van der Waals surface area contributed by atoms with Crippen molar-refractivity contribution >= 4 is 30.5 Å². The van der Waals surface area contributed by atoms with Crippen molar-refractivity contribution in [3.05, 3.63) is 39.7 Å². The molecular formula is C17H26Cl2FN3O2. The maximum absolute atomic E-state index is 13.7. The summed E-state index contributed by atoms with van der Waals surface area (Å²) in [5.41, 5.74) is 0.491. The highest BCUT2D eigenvalue weighted by Crippen LogP contribution is 2.39. The van der Waals surface area contributed by atoms with Gasteiger partial charge in [0.25, 0.3) is 0 Å². The van der Waals surface area contributed by atoms with Gasteiger partial charge in [0.15, 0.2) is 0 Å². The van der Waals surface area contributed by atoms with Crippen molar-refractivity contribution in [1.82, 2.24) is 10.2 Å². The van der Waals surface area contributed by atoms with Gasteiger partial charge in [-0.2, -0.15) is 4.39 Å². The first-order chi connectivity index (χ1) is 11.2. The molecule has 1 saturated carbocycles. The number of nitro groups is 1. The van der Waals surface area contributed by atoms with Crippen molar-refractivity contribution in [2.45, 2.75) is 38.1 Å². The summed E-state index contributed by atoms with van der Waals surface area (Å²) in [6, 6.07) is 4.61. The van der Waals surface area contributed by atoms with Gasteiger partial charge >= 0.3 is 5.69 Å². The summed E-state index contributed by atoms with van der Waals surface area (Å²) in [7, 11) is 0. The van der Waals surface area contributed by atoms with Crippen molar-refractivity contribution in [1.29, 1.82) is 0 Å². The van der Waals surface area contributed by atoms with Gasteiger partial charge in [-0.3, -0.25) is 15.0 Å². The Morgan fingerprint density at radius 1 is 1.16 bits per heavy atom. The molecule has 1 atom stereocenters. The number of nitrogens with one attached hydrogen (secondary N) is 1. The number of hydrogen-bond donors (Lipinski definition) is 1. The quantitative estimate of drug-likeness (QED) is 0.617. The average molecular weight is 394 g/mol. The van der Waals surface area contributed by atoms with E-state index >= 15 is 0 Å². The highest BCUT2D eigenvalue weighted by molar-refractivity contribution is 5.85. The predicted octanol–water partition coefficient (Wildman–Crippen LogP) is 4.10. The highest BCUT2D eigenvalue weighted by Gasteiger charge is 2.32. The molecule has 1 aromatic carbocycles. The van der Waals surface area contributed by atoms with E-state index in [1.807, 2.05) is 0 Å². The fourth-order valence-electron chi connectivity index (χ4n) is 4.04. The standard InChI is InChI=1S/C17H24FN3O2.2ClH/c18-15-7-6-14(12-16(15)21(22)23)17(13-4-2-1-3-5-13)20-10-8-19-9-11-20;;/h6-7,12-13,17,19H,1-5,8-11H2;2*1H/t17-;;/m0../s1. The molecular weight excluding hydrogens is 368 g/mol. The van der Waals surface area contributed by atoms with Gasteiger partial charge in [-0.15, -0.1) is 24.8 Å². The Hall–Kier alpha value is -0.950. The highest BCUT2D eigenvalue weighted by atomic mass is 35.5. The maximum atomic E-state index is 13.7. The van der Waals surface area contributed by atoms with Crippen LogP contribution < -0.4 is 5.32 Å². The van der Waals surface area contributed by atoms with Crippen molar-refractivity contribution in [2.75, 3.05) is 26.2 Å². The topological polar surface area (TPSA) is 58.4 Å². The van der Waals surface area contributed by atoms with Gasteiger partial charge < -0.3 is 5.32 Å². The first-order valence-corrected chi connectivity index (χ1v) is 8.55. The summed E-state index contributed by atoms with van der Waals surface area (Å²) in [6.45, 7) is 3.75. The smallest absolute Gasteiger partial charge is 0.305 e. The number of nitrogens with zero attached hydrogens (tertiary/aromatic N) is 2. The lowest BCUT2D eigenvalue weighted by Gasteiger charge is -2.41. The molecule has 0 amide bonds. The Morgan fingerprint density at radius 3 is 2.40 bits per heavy atom. The van der Waals surface area contributed by atoms with Crippen LogP contribution in [-0.4, -0.2) is 36.0 Å². The minimum absolute atomic E-state index is 0. The zero-order valence-corrected chi connectivity index (χ0v) is 15.8. The fraction of sp³-hybridized carbons (Fsp3) is 0.647. The molecule has 1 aliphatic heterocycles. The Morgan fingerprint density at radius 2 is 1.80 bits per heavy atom. The van der Waals surface area contributed by atoms with Crippen LogP contribution in [-0.2, 0) is 0 Å². The molecule has 3 rings (SSSR count). The lowest BCUT2D eigenvalue weighted by Crippen LogP contribution is -2.47. The monoisotopic (exact) mass is 393 g/mol. The zero-order chi connectivity index (χ0) is 16.2. The summed E-state index contributed by atoms with van der Waals surface area (Å²) in [4.78, 5) is 12.9. The van der Waals surface area contributed by atoms with E-state index in [-0.39, 0.29) is 30.9 Å². The summed E-state index contributed by atoms with van der Waals surface area (Å²) in [5, 5.41) is 14.4. The molecule has 0 bridgehead atoms. The molecule has 1 heterocycles. The summed E-state index contributed by atoms with van der Waals surface area (Å²) in [5.74, 6) is -0.242. The predicted molar refractivity (Wildman–Crippen MR) is 101 cm³/mol. The molecule has 0 radical (unpaired) electrons. The van der Waals surface area contributed by atoms with E-state index < -0.39 is 16.4 Å². The third-order valence-electron chi connectivity index (χ3n) is 5.15. The maximum Gasteiger partial charge on any atom is 0.305 e. The van der Waals surface area contributed by atoms with Crippen LogP contribution in [0.1, 0.15) is 43.7 Å².